The van der Waals surface area contributed by atoms with Crippen LogP contribution in [-0.4, -0.2) is 33.4 Å². The van der Waals surface area contributed by atoms with Crippen LogP contribution in [0.1, 0.15) is 12.0 Å². The number of sulfonamides is 1. The number of thiophene rings is 1. The number of nitrogens with one attached hydrogen (secondary N) is 2. The first kappa shape index (κ1) is 20.4. The number of amides is 1. The van der Waals surface area contributed by atoms with Crippen LogP contribution in [0.25, 0.3) is 0 Å². The highest BCUT2D eigenvalue weighted by Crippen LogP contribution is 2.19. The van der Waals surface area contributed by atoms with E-state index in [1.807, 2.05) is 6.92 Å². The lowest BCUT2D eigenvalue weighted by Gasteiger charge is -2.08. The Morgan fingerprint density at radius 2 is 2.04 bits per heavy atom. The number of ether oxygens (including phenoxy) is 1. The molecule has 0 aliphatic heterocycles. The highest BCUT2D eigenvalue weighted by molar-refractivity contribution is 7.91. The number of hydrogen-bond acceptors (Lipinski definition) is 6. The Labute approximate surface area is 160 Å². The van der Waals surface area contributed by atoms with Crippen molar-refractivity contribution in [2.45, 2.75) is 17.6 Å². The van der Waals surface area contributed by atoms with Gasteiger partial charge in [-0.3, -0.25) is 9.59 Å². The summed E-state index contributed by atoms with van der Waals surface area (Å²) in [6.07, 6.45) is -0.186. The lowest BCUT2D eigenvalue weighted by molar-refractivity contribution is -0.147. The van der Waals surface area contributed by atoms with Crippen molar-refractivity contribution in [2.24, 2.45) is 0 Å². The van der Waals surface area contributed by atoms with E-state index in [2.05, 4.69) is 10.0 Å². The third kappa shape index (κ3) is 6.10. The molecule has 0 saturated heterocycles. The molecule has 0 saturated carbocycles. The van der Waals surface area contributed by atoms with Crippen LogP contribution in [0, 0.1) is 6.92 Å². The number of carbonyl (C=O) groups excluding carboxylic acids is 2. The molecular weight excluding hydrogens is 400 g/mol. The Bertz CT molecular complexity index is 882. The molecule has 0 atom stereocenters. The zero-order chi connectivity index (χ0) is 19.2. The van der Waals surface area contributed by atoms with E-state index in [0.29, 0.717) is 10.7 Å². The number of esters is 1. The molecule has 2 aromatic rings. The molecule has 26 heavy (non-hydrogen) atoms. The van der Waals surface area contributed by atoms with Crippen molar-refractivity contribution in [1.82, 2.24) is 4.72 Å². The van der Waals surface area contributed by atoms with Gasteiger partial charge in [0.1, 0.15) is 4.21 Å². The monoisotopic (exact) mass is 416 g/mol. The Kier molecular flexibility index (Phi) is 7.15. The van der Waals surface area contributed by atoms with Crippen LogP contribution in [0.4, 0.5) is 5.69 Å². The normalized spacial score (nSPS) is 11.2. The van der Waals surface area contributed by atoms with E-state index in [0.717, 1.165) is 16.9 Å². The van der Waals surface area contributed by atoms with E-state index in [1.165, 1.54) is 6.07 Å². The maximum atomic E-state index is 11.9. The summed E-state index contributed by atoms with van der Waals surface area (Å²) in [6.45, 7) is 1.25. The maximum Gasteiger partial charge on any atom is 0.307 e. The standard InChI is InChI=1S/C16H17ClN2O5S2/c1-11-4-5-12(9-13(11)17)19-14(20)10-24-15(21)6-7-18-26(22,23)16-3-2-8-25-16/h2-5,8-9,18H,6-7,10H2,1H3,(H,19,20). The molecule has 0 fully saturated rings. The van der Waals surface area contributed by atoms with Crippen molar-refractivity contribution in [1.29, 1.82) is 0 Å². The first-order chi connectivity index (χ1) is 12.3. The summed E-state index contributed by atoms with van der Waals surface area (Å²) in [6, 6.07) is 8.11. The smallest absolute Gasteiger partial charge is 0.307 e. The molecule has 140 valence electrons. The second-order valence-corrected chi connectivity index (χ2v) is 8.60. The minimum Gasteiger partial charge on any atom is -0.456 e. The predicted molar refractivity (Wildman–Crippen MR) is 99.9 cm³/mol. The summed E-state index contributed by atoms with van der Waals surface area (Å²) in [5.74, 6) is -1.20. The van der Waals surface area contributed by atoms with Gasteiger partial charge in [-0.15, -0.1) is 11.3 Å². The van der Waals surface area contributed by atoms with Gasteiger partial charge in [-0.05, 0) is 36.1 Å². The van der Waals surface area contributed by atoms with Crippen molar-refractivity contribution < 1.29 is 22.7 Å². The summed E-state index contributed by atoms with van der Waals surface area (Å²) in [4.78, 5) is 23.4. The number of anilines is 1. The van der Waals surface area contributed by atoms with Crippen LogP contribution in [-0.2, 0) is 24.3 Å². The van der Waals surface area contributed by atoms with E-state index < -0.39 is 28.5 Å². The molecule has 10 heteroatoms. The van der Waals surface area contributed by atoms with Gasteiger partial charge >= 0.3 is 5.97 Å². The lowest BCUT2D eigenvalue weighted by atomic mass is 10.2. The van der Waals surface area contributed by atoms with Crippen LogP contribution >= 0.6 is 22.9 Å². The fraction of sp³-hybridized carbons (Fsp3) is 0.250. The maximum absolute atomic E-state index is 11.9. The zero-order valence-corrected chi connectivity index (χ0v) is 16.2. The molecule has 0 bridgehead atoms. The molecule has 1 aromatic carbocycles. The number of rotatable bonds is 8. The van der Waals surface area contributed by atoms with Gasteiger partial charge in [0.25, 0.3) is 5.91 Å². The fourth-order valence-corrected chi connectivity index (χ4v) is 4.11. The molecule has 1 heterocycles. The molecular formula is C16H17ClN2O5S2. The van der Waals surface area contributed by atoms with Gasteiger partial charge in [-0.1, -0.05) is 23.7 Å². The van der Waals surface area contributed by atoms with E-state index in [9.17, 15) is 18.0 Å². The molecule has 0 radical (unpaired) electrons. The van der Waals surface area contributed by atoms with Crippen LogP contribution in [0.5, 0.6) is 0 Å². The first-order valence-corrected chi connectivity index (χ1v) is 10.3. The zero-order valence-electron chi connectivity index (χ0n) is 13.8. The molecule has 0 unspecified atom stereocenters. The second-order valence-electron chi connectivity index (χ2n) is 5.25. The summed E-state index contributed by atoms with van der Waals surface area (Å²) in [5, 5.41) is 4.71. The van der Waals surface area contributed by atoms with Gasteiger partial charge < -0.3 is 10.1 Å². The number of hydrogen-bond donors (Lipinski definition) is 2. The van der Waals surface area contributed by atoms with E-state index in [4.69, 9.17) is 16.3 Å². The SMILES string of the molecule is Cc1ccc(NC(=O)COC(=O)CCNS(=O)(=O)c2cccs2)cc1Cl. The summed E-state index contributed by atoms with van der Waals surface area (Å²) in [7, 11) is -3.62. The van der Waals surface area contributed by atoms with Crippen molar-refractivity contribution in [3.63, 3.8) is 0 Å². The van der Waals surface area contributed by atoms with Crippen molar-refractivity contribution >= 4 is 50.5 Å². The van der Waals surface area contributed by atoms with Crippen molar-refractivity contribution in [3.8, 4) is 0 Å². The van der Waals surface area contributed by atoms with Gasteiger partial charge in [0.2, 0.25) is 10.0 Å². The lowest BCUT2D eigenvalue weighted by Crippen LogP contribution is -2.27. The van der Waals surface area contributed by atoms with Gasteiger partial charge in [0.05, 0.1) is 6.42 Å². The molecule has 0 aliphatic rings. The summed E-state index contributed by atoms with van der Waals surface area (Å²) >= 11 is 7.04. The summed E-state index contributed by atoms with van der Waals surface area (Å²) in [5.41, 5.74) is 1.37. The summed E-state index contributed by atoms with van der Waals surface area (Å²) < 4.78 is 31.0. The fourth-order valence-electron chi connectivity index (χ4n) is 1.86. The van der Waals surface area contributed by atoms with Crippen LogP contribution < -0.4 is 10.0 Å². The van der Waals surface area contributed by atoms with Crippen LogP contribution in [0.3, 0.4) is 0 Å². The topological polar surface area (TPSA) is 102 Å². The van der Waals surface area contributed by atoms with E-state index in [-0.39, 0.29) is 17.2 Å². The average Bonchev–Trinajstić information content (AvgIpc) is 3.12. The van der Waals surface area contributed by atoms with Gasteiger partial charge in [0.15, 0.2) is 6.61 Å². The number of carbonyl (C=O) groups is 2. The van der Waals surface area contributed by atoms with E-state index >= 15 is 0 Å². The molecule has 0 spiro atoms. The van der Waals surface area contributed by atoms with Gasteiger partial charge in [-0.25, -0.2) is 13.1 Å². The average molecular weight is 417 g/mol. The second kappa shape index (κ2) is 9.13. The molecule has 2 N–H and O–H groups in total. The predicted octanol–water partition coefficient (Wildman–Crippen LogP) is 2.56. The molecule has 0 aliphatic carbocycles. The number of halogens is 1. The van der Waals surface area contributed by atoms with Gasteiger partial charge in [-0.2, -0.15) is 0 Å². The van der Waals surface area contributed by atoms with Crippen LogP contribution in [0.15, 0.2) is 39.9 Å². The Hall–Kier alpha value is -1.94. The quantitative estimate of drug-likeness (QED) is 0.644. The highest BCUT2D eigenvalue weighted by atomic mass is 35.5. The minimum atomic E-state index is -3.62. The van der Waals surface area contributed by atoms with Gasteiger partial charge in [0, 0.05) is 17.3 Å². The molecule has 7 nitrogen and oxygen atoms in total. The third-order valence-electron chi connectivity index (χ3n) is 3.20. The Morgan fingerprint density at radius 1 is 1.27 bits per heavy atom. The Balaban J connectivity index is 1.71. The minimum absolute atomic E-state index is 0.117. The Morgan fingerprint density at radius 3 is 2.69 bits per heavy atom. The first-order valence-electron chi connectivity index (χ1n) is 7.53. The number of benzene rings is 1. The number of aryl methyl sites for hydroxylation is 1. The van der Waals surface area contributed by atoms with Crippen LogP contribution in [0.2, 0.25) is 5.02 Å². The highest BCUT2D eigenvalue weighted by Gasteiger charge is 2.15. The van der Waals surface area contributed by atoms with Crippen molar-refractivity contribution in [3.05, 3.63) is 46.3 Å². The van der Waals surface area contributed by atoms with E-state index in [1.54, 1.807) is 29.6 Å². The third-order valence-corrected chi connectivity index (χ3v) is 6.47. The molecule has 1 aromatic heterocycles. The van der Waals surface area contributed by atoms with Crippen molar-refractivity contribution in [2.75, 3.05) is 18.5 Å². The largest absolute Gasteiger partial charge is 0.456 e. The molecule has 1 amide bonds. The molecule has 2 rings (SSSR count).